The number of nitrogens with zero attached hydrogens (tertiary/aromatic N) is 2. The van der Waals surface area contributed by atoms with Crippen molar-refractivity contribution >= 4 is 17.7 Å². The van der Waals surface area contributed by atoms with Gasteiger partial charge in [-0.2, -0.15) is 5.10 Å². The molecular formula is C15H16FN3O. The number of rotatable bonds is 3. The van der Waals surface area contributed by atoms with Gasteiger partial charge < -0.3 is 5.32 Å². The van der Waals surface area contributed by atoms with Gasteiger partial charge in [0.15, 0.2) is 0 Å². The minimum absolute atomic E-state index is 0.265. The summed E-state index contributed by atoms with van der Waals surface area (Å²) in [4.78, 5) is 11.8. The average Bonchev–Trinajstić information content (AvgIpc) is 2.64. The van der Waals surface area contributed by atoms with E-state index in [2.05, 4.69) is 10.4 Å². The third-order valence-electron chi connectivity index (χ3n) is 3.08. The van der Waals surface area contributed by atoms with Crippen LogP contribution in [0.4, 0.5) is 10.1 Å². The van der Waals surface area contributed by atoms with Crippen molar-refractivity contribution in [3.05, 3.63) is 53.1 Å². The SMILES string of the molecule is Cc1nn(C)c(C)c1/C=C/C(=O)Nc1ccc(F)cc1. The molecule has 0 unspecified atom stereocenters. The summed E-state index contributed by atoms with van der Waals surface area (Å²) in [5.74, 6) is -0.598. The Morgan fingerprint density at radius 1 is 1.30 bits per heavy atom. The maximum Gasteiger partial charge on any atom is 0.248 e. The van der Waals surface area contributed by atoms with Crippen molar-refractivity contribution in [2.45, 2.75) is 13.8 Å². The molecule has 1 aromatic heterocycles. The lowest BCUT2D eigenvalue weighted by molar-refractivity contribution is -0.111. The molecule has 0 aliphatic rings. The first-order valence-electron chi connectivity index (χ1n) is 6.22. The van der Waals surface area contributed by atoms with Crippen molar-refractivity contribution in [1.82, 2.24) is 9.78 Å². The largest absolute Gasteiger partial charge is 0.323 e. The second-order valence-electron chi connectivity index (χ2n) is 4.54. The molecule has 1 heterocycles. The van der Waals surface area contributed by atoms with E-state index in [4.69, 9.17) is 0 Å². The molecule has 5 heteroatoms. The Hall–Kier alpha value is -2.43. The van der Waals surface area contributed by atoms with Gasteiger partial charge in [0.05, 0.1) is 5.69 Å². The molecule has 104 valence electrons. The van der Waals surface area contributed by atoms with E-state index in [0.29, 0.717) is 5.69 Å². The fraction of sp³-hybridized carbons (Fsp3) is 0.200. The first-order valence-corrected chi connectivity index (χ1v) is 6.22. The molecule has 0 saturated heterocycles. The van der Waals surface area contributed by atoms with Crippen LogP contribution in [0.3, 0.4) is 0 Å². The first-order chi connectivity index (χ1) is 9.47. The van der Waals surface area contributed by atoms with Crippen LogP contribution in [0.1, 0.15) is 17.0 Å². The lowest BCUT2D eigenvalue weighted by atomic mass is 10.2. The molecule has 0 atom stereocenters. The zero-order valence-corrected chi connectivity index (χ0v) is 11.6. The van der Waals surface area contributed by atoms with E-state index < -0.39 is 0 Å². The number of halogens is 1. The molecule has 1 amide bonds. The van der Waals surface area contributed by atoms with E-state index in [0.717, 1.165) is 17.0 Å². The van der Waals surface area contributed by atoms with Crippen molar-refractivity contribution in [1.29, 1.82) is 0 Å². The molecular weight excluding hydrogens is 257 g/mol. The number of benzene rings is 1. The molecule has 1 N–H and O–H groups in total. The highest BCUT2D eigenvalue weighted by atomic mass is 19.1. The van der Waals surface area contributed by atoms with Crippen LogP contribution in [0.15, 0.2) is 30.3 Å². The van der Waals surface area contributed by atoms with Gasteiger partial charge >= 0.3 is 0 Å². The van der Waals surface area contributed by atoms with Gasteiger partial charge in [0.25, 0.3) is 0 Å². The number of anilines is 1. The number of hydrogen-bond donors (Lipinski definition) is 1. The molecule has 2 rings (SSSR count). The van der Waals surface area contributed by atoms with Gasteiger partial charge in [0.1, 0.15) is 5.82 Å². The summed E-state index contributed by atoms with van der Waals surface area (Å²) < 4.78 is 14.5. The molecule has 0 saturated carbocycles. The van der Waals surface area contributed by atoms with Crippen molar-refractivity contribution in [3.8, 4) is 0 Å². The van der Waals surface area contributed by atoms with Crippen LogP contribution in [-0.4, -0.2) is 15.7 Å². The summed E-state index contributed by atoms with van der Waals surface area (Å²) in [6.45, 7) is 3.84. The van der Waals surface area contributed by atoms with E-state index in [-0.39, 0.29) is 11.7 Å². The van der Waals surface area contributed by atoms with Crippen LogP contribution in [0.2, 0.25) is 0 Å². The summed E-state index contributed by atoms with van der Waals surface area (Å²) >= 11 is 0. The Kier molecular flexibility index (Phi) is 3.98. The Morgan fingerprint density at radius 2 is 1.95 bits per heavy atom. The third kappa shape index (κ3) is 3.12. The summed E-state index contributed by atoms with van der Waals surface area (Å²) in [5, 5.41) is 6.94. The molecule has 2 aromatic rings. The predicted molar refractivity (Wildman–Crippen MR) is 76.7 cm³/mol. The molecule has 0 radical (unpaired) electrons. The topological polar surface area (TPSA) is 46.9 Å². The van der Waals surface area contributed by atoms with Gasteiger partial charge in [0.2, 0.25) is 5.91 Å². The summed E-state index contributed by atoms with van der Waals surface area (Å²) in [6.07, 6.45) is 3.18. The molecule has 4 nitrogen and oxygen atoms in total. The second-order valence-corrected chi connectivity index (χ2v) is 4.54. The molecule has 1 aromatic carbocycles. The minimum atomic E-state index is -0.333. The number of nitrogens with one attached hydrogen (secondary N) is 1. The number of aromatic nitrogens is 2. The average molecular weight is 273 g/mol. The Labute approximate surface area is 116 Å². The fourth-order valence-electron chi connectivity index (χ4n) is 1.91. The van der Waals surface area contributed by atoms with Crippen LogP contribution in [-0.2, 0) is 11.8 Å². The monoisotopic (exact) mass is 273 g/mol. The third-order valence-corrected chi connectivity index (χ3v) is 3.08. The van der Waals surface area contributed by atoms with Crippen molar-refractivity contribution in [2.24, 2.45) is 7.05 Å². The van der Waals surface area contributed by atoms with E-state index in [1.54, 1.807) is 10.8 Å². The zero-order valence-electron chi connectivity index (χ0n) is 11.6. The Bertz CT molecular complexity index is 657. The number of carbonyl (C=O) groups is 1. The van der Waals surface area contributed by atoms with Gasteiger partial charge in [-0.05, 0) is 44.2 Å². The number of amides is 1. The predicted octanol–water partition coefficient (Wildman–Crippen LogP) is 2.83. The van der Waals surface area contributed by atoms with Crippen molar-refractivity contribution < 1.29 is 9.18 Å². The van der Waals surface area contributed by atoms with Crippen LogP contribution in [0.25, 0.3) is 6.08 Å². The van der Waals surface area contributed by atoms with Crippen molar-refractivity contribution in [3.63, 3.8) is 0 Å². The maximum atomic E-state index is 12.7. The Morgan fingerprint density at radius 3 is 2.50 bits per heavy atom. The highest BCUT2D eigenvalue weighted by Crippen LogP contribution is 2.14. The van der Waals surface area contributed by atoms with Crippen LogP contribution < -0.4 is 5.32 Å². The lowest BCUT2D eigenvalue weighted by Gasteiger charge is -2.01. The standard InChI is InChI=1S/C15H16FN3O/c1-10-14(11(2)19(3)18-10)8-9-15(20)17-13-6-4-12(16)5-7-13/h4-9H,1-3H3,(H,17,20)/b9-8+. The van der Waals surface area contributed by atoms with E-state index >= 15 is 0 Å². The zero-order chi connectivity index (χ0) is 14.7. The van der Waals surface area contributed by atoms with Crippen molar-refractivity contribution in [2.75, 3.05) is 5.32 Å². The smallest absolute Gasteiger partial charge is 0.248 e. The van der Waals surface area contributed by atoms with Gasteiger partial charge in [-0.1, -0.05) is 0 Å². The van der Waals surface area contributed by atoms with Crippen LogP contribution >= 0.6 is 0 Å². The van der Waals surface area contributed by atoms with E-state index in [1.165, 1.54) is 30.3 Å². The molecule has 0 spiro atoms. The van der Waals surface area contributed by atoms with E-state index in [1.807, 2.05) is 20.9 Å². The first kappa shape index (κ1) is 14.0. The van der Waals surface area contributed by atoms with E-state index in [9.17, 15) is 9.18 Å². The summed E-state index contributed by atoms with van der Waals surface area (Å²) in [6, 6.07) is 5.63. The summed E-state index contributed by atoms with van der Waals surface area (Å²) in [7, 11) is 1.86. The minimum Gasteiger partial charge on any atom is -0.323 e. The number of aryl methyl sites for hydroxylation is 2. The molecule has 0 aliphatic heterocycles. The van der Waals surface area contributed by atoms with Gasteiger partial charge in [-0.15, -0.1) is 0 Å². The number of hydrogen-bond acceptors (Lipinski definition) is 2. The molecule has 0 bridgehead atoms. The molecule has 20 heavy (non-hydrogen) atoms. The molecule has 0 aliphatic carbocycles. The Balaban J connectivity index is 2.07. The quantitative estimate of drug-likeness (QED) is 0.874. The van der Waals surface area contributed by atoms with Crippen LogP contribution in [0, 0.1) is 19.7 Å². The second kappa shape index (κ2) is 5.69. The van der Waals surface area contributed by atoms with Gasteiger partial charge in [-0.25, -0.2) is 4.39 Å². The fourth-order valence-corrected chi connectivity index (χ4v) is 1.91. The maximum absolute atomic E-state index is 12.7. The molecule has 0 fully saturated rings. The number of carbonyl (C=O) groups excluding carboxylic acids is 1. The lowest BCUT2D eigenvalue weighted by Crippen LogP contribution is -2.07. The highest BCUT2D eigenvalue weighted by Gasteiger charge is 2.06. The van der Waals surface area contributed by atoms with Gasteiger partial charge in [0, 0.05) is 30.1 Å². The van der Waals surface area contributed by atoms with Crippen LogP contribution in [0.5, 0.6) is 0 Å². The summed E-state index contributed by atoms with van der Waals surface area (Å²) in [5.41, 5.74) is 3.35. The van der Waals surface area contributed by atoms with Gasteiger partial charge in [-0.3, -0.25) is 9.48 Å². The normalized spacial score (nSPS) is 11.0. The highest BCUT2D eigenvalue weighted by molar-refractivity contribution is 6.02.